The molecule has 282 valence electrons. The first-order chi connectivity index (χ1) is 24.2. The summed E-state index contributed by atoms with van der Waals surface area (Å²) in [7, 11) is 3.28. The van der Waals surface area contributed by atoms with Gasteiger partial charge in [-0.1, -0.05) is 6.07 Å². The van der Waals surface area contributed by atoms with Crippen molar-refractivity contribution in [1.82, 2.24) is 4.90 Å². The molecule has 2 aliphatic heterocycles. The van der Waals surface area contributed by atoms with Gasteiger partial charge in [0, 0.05) is 31.9 Å². The van der Waals surface area contributed by atoms with E-state index >= 15 is 0 Å². The standard InChI is InChI=1S/C32H32F3NO16/c1-13(37)47-23(24(48-14(2)38)28(43)50-18(12-20(39)40)26(41)52-29(44)32(33,34)35)27(42)49-17-7-8-31(45)19-11-15-5-6-16(46-4)22-21(15)30(31,25(17)51-22)9-10-36(19)3/h5-7,18-19,23-25,45H,8-12H2,1-4H3,(H,39,40)/t18-,19?,23+,24+,25-,30-,31+/m0/s1. The number of ether oxygens (including phenoxy) is 7. The third kappa shape index (κ3) is 6.51. The lowest BCUT2D eigenvalue weighted by atomic mass is 9.50. The number of aliphatic hydroxyl groups is 1. The summed E-state index contributed by atoms with van der Waals surface area (Å²) in [4.78, 5) is 88.1. The number of esters is 6. The first-order valence-electron chi connectivity index (χ1n) is 15.6. The summed E-state index contributed by atoms with van der Waals surface area (Å²) in [5, 5.41) is 21.5. The summed E-state index contributed by atoms with van der Waals surface area (Å²) >= 11 is 0. The van der Waals surface area contributed by atoms with Gasteiger partial charge in [0.15, 0.2) is 17.6 Å². The number of carbonyl (C=O) groups excluding carboxylic acids is 6. The molecule has 2 N–H and O–H groups in total. The quantitative estimate of drug-likeness (QED) is 0.178. The summed E-state index contributed by atoms with van der Waals surface area (Å²) in [6.45, 7) is 2.02. The van der Waals surface area contributed by atoms with Crippen LogP contribution in [0.3, 0.4) is 0 Å². The monoisotopic (exact) mass is 743 g/mol. The predicted octanol–water partition coefficient (Wildman–Crippen LogP) is 0.398. The smallest absolute Gasteiger partial charge is 0.491 e. The molecule has 17 nitrogen and oxygen atoms in total. The highest BCUT2D eigenvalue weighted by Gasteiger charge is 2.72. The van der Waals surface area contributed by atoms with Gasteiger partial charge < -0.3 is 48.3 Å². The fourth-order valence-electron chi connectivity index (χ4n) is 7.34. The highest BCUT2D eigenvalue weighted by Crippen LogP contribution is 2.65. The number of benzene rings is 1. The van der Waals surface area contributed by atoms with Gasteiger partial charge in [0.25, 0.3) is 0 Å². The molecule has 52 heavy (non-hydrogen) atoms. The molecule has 0 amide bonds. The Kier molecular flexibility index (Phi) is 10.0. The number of alkyl halides is 3. The van der Waals surface area contributed by atoms with Crippen LogP contribution in [0.25, 0.3) is 0 Å². The second-order valence-corrected chi connectivity index (χ2v) is 12.5. The zero-order valence-electron chi connectivity index (χ0n) is 27.8. The Morgan fingerprint density at radius 2 is 1.63 bits per heavy atom. The summed E-state index contributed by atoms with van der Waals surface area (Å²) < 4.78 is 73.7. The van der Waals surface area contributed by atoms with Crippen molar-refractivity contribution in [2.75, 3.05) is 20.7 Å². The molecule has 0 saturated carbocycles. The van der Waals surface area contributed by atoms with Gasteiger partial charge in [-0.25, -0.2) is 19.2 Å². The molecule has 4 aliphatic rings. The van der Waals surface area contributed by atoms with Crippen molar-refractivity contribution in [3.63, 3.8) is 0 Å². The largest absolute Gasteiger partial charge is 0.493 e. The molecule has 1 aromatic carbocycles. The summed E-state index contributed by atoms with van der Waals surface area (Å²) in [5.74, 6) is -13.0. The molecule has 1 saturated heterocycles. The molecule has 20 heteroatoms. The first kappa shape index (κ1) is 38.0. The van der Waals surface area contributed by atoms with Crippen molar-refractivity contribution < 1.29 is 90.1 Å². The molecule has 0 aromatic heterocycles. The lowest BCUT2D eigenvalue weighted by Gasteiger charge is -2.61. The van der Waals surface area contributed by atoms with Crippen LogP contribution in [-0.2, 0) is 69.1 Å². The summed E-state index contributed by atoms with van der Waals surface area (Å²) in [6.07, 6.45) is -14.3. The number of hydrogen-bond acceptors (Lipinski definition) is 16. The van der Waals surface area contributed by atoms with E-state index < -0.39 is 89.8 Å². The van der Waals surface area contributed by atoms with Crippen molar-refractivity contribution in [1.29, 1.82) is 0 Å². The number of carboxylic acid groups (broad SMARTS) is 1. The number of likely N-dealkylation sites (tertiary alicyclic amines) is 1. The molecule has 1 unspecified atom stereocenters. The average molecular weight is 744 g/mol. The number of nitrogens with zero attached hydrogens (tertiary/aromatic N) is 1. The third-order valence-electron chi connectivity index (χ3n) is 9.41. The van der Waals surface area contributed by atoms with Gasteiger partial charge in [0.05, 0.1) is 24.5 Å². The average Bonchev–Trinajstić information content (AvgIpc) is 3.40. The maximum absolute atomic E-state index is 13.8. The van der Waals surface area contributed by atoms with Gasteiger partial charge in [-0.2, -0.15) is 13.2 Å². The van der Waals surface area contributed by atoms with Crippen LogP contribution in [0.5, 0.6) is 11.5 Å². The van der Waals surface area contributed by atoms with Gasteiger partial charge in [0.1, 0.15) is 5.76 Å². The maximum Gasteiger partial charge on any atom is 0.491 e. The van der Waals surface area contributed by atoms with Crippen molar-refractivity contribution in [2.24, 2.45) is 0 Å². The van der Waals surface area contributed by atoms with Gasteiger partial charge >= 0.3 is 48.0 Å². The van der Waals surface area contributed by atoms with E-state index in [0.29, 0.717) is 36.4 Å². The molecule has 0 radical (unpaired) electrons. The topological polar surface area (TPSA) is 228 Å². The Bertz CT molecular complexity index is 1760. The molecule has 7 atom stereocenters. The normalized spacial score (nSPS) is 25.8. The number of methoxy groups -OCH3 is 1. The lowest BCUT2D eigenvalue weighted by molar-refractivity contribution is -0.208. The van der Waals surface area contributed by atoms with Crippen LogP contribution in [0, 0.1) is 0 Å². The van der Waals surface area contributed by atoms with E-state index in [0.717, 1.165) is 19.4 Å². The fraction of sp³-hybridized carbons (Fsp3) is 0.531. The van der Waals surface area contributed by atoms with E-state index in [9.17, 15) is 51.8 Å². The molecule has 1 aromatic rings. The van der Waals surface area contributed by atoms with E-state index in [4.69, 9.17) is 28.8 Å². The Hall–Kier alpha value is -5.24. The van der Waals surface area contributed by atoms with Crippen molar-refractivity contribution in [3.05, 3.63) is 35.1 Å². The predicted molar refractivity (Wildman–Crippen MR) is 158 cm³/mol. The molecule has 2 bridgehead atoms. The minimum atomic E-state index is -5.70. The van der Waals surface area contributed by atoms with Gasteiger partial charge in [-0.3, -0.25) is 14.4 Å². The number of hydrogen-bond donors (Lipinski definition) is 2. The van der Waals surface area contributed by atoms with E-state index in [1.807, 2.05) is 18.0 Å². The maximum atomic E-state index is 13.8. The molecule has 1 fully saturated rings. The number of aliphatic carboxylic acids is 1. The Labute approximate surface area is 291 Å². The Morgan fingerprint density at radius 1 is 1.00 bits per heavy atom. The highest BCUT2D eigenvalue weighted by atomic mass is 19.4. The van der Waals surface area contributed by atoms with Crippen LogP contribution < -0.4 is 9.47 Å². The zero-order chi connectivity index (χ0) is 38.5. The van der Waals surface area contributed by atoms with Crippen molar-refractivity contribution in [3.8, 4) is 11.5 Å². The molecular weight excluding hydrogens is 711 g/mol. The Morgan fingerprint density at radius 3 is 2.21 bits per heavy atom. The van der Waals surface area contributed by atoms with E-state index in [-0.39, 0.29) is 18.2 Å². The number of piperidine rings is 1. The number of likely N-dealkylation sites (N-methyl/N-ethyl adjacent to an activating group) is 1. The van der Waals surface area contributed by atoms with Crippen molar-refractivity contribution in [2.45, 2.75) is 87.2 Å². The second kappa shape index (κ2) is 13.7. The van der Waals surface area contributed by atoms with Crippen LogP contribution >= 0.6 is 0 Å². The minimum Gasteiger partial charge on any atom is -0.493 e. The molecule has 1 spiro atoms. The van der Waals surface area contributed by atoms with Crippen LogP contribution in [0.2, 0.25) is 0 Å². The van der Waals surface area contributed by atoms with E-state index in [2.05, 4.69) is 9.47 Å². The number of rotatable bonds is 11. The van der Waals surface area contributed by atoms with Crippen LogP contribution in [-0.4, -0.2) is 120 Å². The second-order valence-electron chi connectivity index (χ2n) is 12.5. The lowest BCUT2D eigenvalue weighted by Crippen LogP contribution is -2.74. The van der Waals surface area contributed by atoms with Crippen LogP contribution in [0.15, 0.2) is 24.0 Å². The van der Waals surface area contributed by atoms with Gasteiger partial charge in [-0.05, 0) is 44.1 Å². The van der Waals surface area contributed by atoms with E-state index in [1.54, 1.807) is 6.07 Å². The summed E-state index contributed by atoms with van der Waals surface area (Å²) in [5.41, 5.74) is -1.11. The third-order valence-corrected chi connectivity index (χ3v) is 9.41. The molecule has 5 rings (SSSR count). The minimum absolute atomic E-state index is 0.0656. The molecular formula is C32H32F3NO16. The summed E-state index contributed by atoms with van der Waals surface area (Å²) in [6, 6.07) is 3.15. The molecule has 2 aliphatic carbocycles. The number of carboxylic acids is 1. The first-order valence-corrected chi connectivity index (χ1v) is 15.6. The number of carbonyl (C=O) groups is 7. The van der Waals surface area contributed by atoms with Crippen LogP contribution in [0.1, 0.15) is 44.2 Å². The SMILES string of the molecule is COc1ccc2c3c1O[C@H]1C(OC(=O)[C@H](OC(C)=O)[C@@H](OC(C)=O)C(=O)O[C@@H](CC(=O)O)C(=O)OC(=O)C(F)(F)F)=CC[C@@]4(O)C(C2)N(C)CC[C@]314. The Balaban J connectivity index is 1.47. The van der Waals surface area contributed by atoms with Gasteiger partial charge in [-0.15, -0.1) is 0 Å². The number of halogens is 3. The molecule has 2 heterocycles. The zero-order valence-corrected chi connectivity index (χ0v) is 27.8. The highest BCUT2D eigenvalue weighted by molar-refractivity contribution is 5.95. The van der Waals surface area contributed by atoms with Crippen molar-refractivity contribution >= 4 is 41.8 Å². The fourth-order valence-corrected chi connectivity index (χ4v) is 7.34. The van der Waals surface area contributed by atoms with Gasteiger partial charge in [0.2, 0.25) is 18.3 Å². The van der Waals surface area contributed by atoms with E-state index in [1.165, 1.54) is 13.2 Å². The van der Waals surface area contributed by atoms with Crippen LogP contribution in [0.4, 0.5) is 13.2 Å².